The molecule has 1 aromatic heterocycles. The zero-order valence-electron chi connectivity index (χ0n) is 13.7. The summed E-state index contributed by atoms with van der Waals surface area (Å²) in [5.74, 6) is -0.396. The Morgan fingerprint density at radius 1 is 1.39 bits per heavy atom. The number of thiophene rings is 1. The van der Waals surface area contributed by atoms with E-state index in [1.807, 2.05) is 4.90 Å². The van der Waals surface area contributed by atoms with Crippen LogP contribution in [0.5, 0.6) is 0 Å². The Kier molecular flexibility index (Phi) is 6.85. The van der Waals surface area contributed by atoms with Gasteiger partial charge in [0.25, 0.3) is 0 Å². The quantitative estimate of drug-likeness (QED) is 0.835. The number of rotatable bonds is 5. The van der Waals surface area contributed by atoms with Crippen LogP contribution in [0.15, 0.2) is 11.4 Å². The van der Waals surface area contributed by atoms with Crippen molar-refractivity contribution >= 4 is 28.3 Å². The van der Waals surface area contributed by atoms with Crippen molar-refractivity contribution < 1.29 is 19.1 Å². The summed E-state index contributed by atoms with van der Waals surface area (Å²) in [5, 5.41) is 5.18. The highest BCUT2D eigenvalue weighted by Gasteiger charge is 2.21. The third-order valence-corrected chi connectivity index (χ3v) is 4.62. The molecule has 0 aliphatic carbocycles. The second kappa shape index (κ2) is 8.88. The largest absolute Gasteiger partial charge is 0.465 e. The third kappa shape index (κ3) is 5.21. The van der Waals surface area contributed by atoms with Crippen LogP contribution in [0.25, 0.3) is 0 Å². The maximum atomic E-state index is 12.4. The van der Waals surface area contributed by atoms with Crippen LogP contribution in [-0.4, -0.2) is 49.8 Å². The number of urea groups is 1. The van der Waals surface area contributed by atoms with Crippen molar-refractivity contribution in [3.8, 4) is 0 Å². The van der Waals surface area contributed by atoms with E-state index in [0.29, 0.717) is 17.1 Å². The van der Waals surface area contributed by atoms with Gasteiger partial charge in [-0.3, -0.25) is 5.32 Å². The predicted molar refractivity (Wildman–Crippen MR) is 90.1 cm³/mol. The Morgan fingerprint density at radius 3 is 2.96 bits per heavy atom. The zero-order valence-corrected chi connectivity index (χ0v) is 14.5. The van der Waals surface area contributed by atoms with Gasteiger partial charge in [-0.2, -0.15) is 0 Å². The zero-order chi connectivity index (χ0) is 16.7. The summed E-state index contributed by atoms with van der Waals surface area (Å²) in [6, 6.07) is 1.51. The Bertz CT molecular complexity index is 532. The molecule has 1 fully saturated rings. The molecule has 0 saturated carbocycles. The van der Waals surface area contributed by atoms with Crippen LogP contribution >= 0.6 is 11.3 Å². The first-order chi connectivity index (χ1) is 11.1. The third-order valence-electron chi connectivity index (χ3n) is 3.77. The van der Waals surface area contributed by atoms with Crippen molar-refractivity contribution in [2.75, 3.05) is 32.1 Å². The van der Waals surface area contributed by atoms with E-state index >= 15 is 0 Å². The van der Waals surface area contributed by atoms with Crippen LogP contribution in [0.3, 0.4) is 0 Å². The Hall–Kier alpha value is -1.60. The molecule has 1 atom stereocenters. The average Bonchev–Trinajstić information content (AvgIpc) is 2.89. The van der Waals surface area contributed by atoms with Gasteiger partial charge >= 0.3 is 12.0 Å². The molecule has 1 aliphatic rings. The maximum absolute atomic E-state index is 12.4. The van der Waals surface area contributed by atoms with Crippen molar-refractivity contribution in [3.63, 3.8) is 0 Å². The molecule has 128 valence electrons. The molecule has 2 heterocycles. The minimum atomic E-state index is -0.396. The highest BCUT2D eigenvalue weighted by atomic mass is 32.1. The minimum absolute atomic E-state index is 0.126. The number of anilines is 1. The van der Waals surface area contributed by atoms with E-state index in [1.54, 1.807) is 11.4 Å². The maximum Gasteiger partial charge on any atom is 0.338 e. The summed E-state index contributed by atoms with van der Waals surface area (Å²) in [6.45, 7) is 4.30. The lowest BCUT2D eigenvalue weighted by molar-refractivity contribution is 0.0446. The fraction of sp³-hybridized carbons (Fsp3) is 0.625. The molecule has 2 rings (SSSR count). The average molecular weight is 340 g/mol. The van der Waals surface area contributed by atoms with Gasteiger partial charge in [0.15, 0.2) is 0 Å². The second-order valence-electron chi connectivity index (χ2n) is 5.53. The highest BCUT2D eigenvalue weighted by molar-refractivity contribution is 7.14. The molecule has 0 spiro atoms. The summed E-state index contributed by atoms with van der Waals surface area (Å²) in [7, 11) is 1.34. The monoisotopic (exact) mass is 340 g/mol. The van der Waals surface area contributed by atoms with Gasteiger partial charge in [-0.15, -0.1) is 11.3 Å². The first-order valence-corrected chi connectivity index (χ1v) is 8.86. The predicted octanol–water partition coefficient (Wildman–Crippen LogP) is 3.35. The van der Waals surface area contributed by atoms with Crippen molar-refractivity contribution in [1.29, 1.82) is 0 Å². The van der Waals surface area contributed by atoms with Gasteiger partial charge in [-0.1, -0.05) is 6.92 Å². The van der Waals surface area contributed by atoms with Crippen LogP contribution in [0, 0.1) is 0 Å². The number of ether oxygens (including phenoxy) is 2. The molecule has 6 nitrogen and oxygen atoms in total. The summed E-state index contributed by atoms with van der Waals surface area (Å²) in [4.78, 5) is 25.6. The summed E-state index contributed by atoms with van der Waals surface area (Å²) in [5.41, 5.74) is 0.455. The van der Waals surface area contributed by atoms with Gasteiger partial charge in [-0.25, -0.2) is 9.59 Å². The van der Waals surface area contributed by atoms with Crippen molar-refractivity contribution in [2.24, 2.45) is 0 Å². The van der Waals surface area contributed by atoms with E-state index in [1.165, 1.54) is 18.4 Å². The van der Waals surface area contributed by atoms with E-state index in [4.69, 9.17) is 4.74 Å². The fourth-order valence-electron chi connectivity index (χ4n) is 2.53. The van der Waals surface area contributed by atoms with Gasteiger partial charge in [0.2, 0.25) is 0 Å². The van der Waals surface area contributed by atoms with Gasteiger partial charge in [0.05, 0.1) is 23.8 Å². The van der Waals surface area contributed by atoms with Crippen molar-refractivity contribution in [2.45, 2.75) is 38.7 Å². The van der Waals surface area contributed by atoms with Gasteiger partial charge < -0.3 is 14.4 Å². The summed E-state index contributed by atoms with van der Waals surface area (Å²) in [6.07, 6.45) is 4.07. The molecule has 1 aliphatic heterocycles. The molecule has 7 heteroatoms. The van der Waals surface area contributed by atoms with E-state index in [0.717, 1.165) is 38.8 Å². The van der Waals surface area contributed by atoms with Crippen LogP contribution in [0.2, 0.25) is 0 Å². The van der Waals surface area contributed by atoms with Crippen LogP contribution in [-0.2, 0) is 9.47 Å². The van der Waals surface area contributed by atoms with Crippen molar-refractivity contribution in [3.05, 3.63) is 17.0 Å². The lowest BCUT2D eigenvalue weighted by Crippen LogP contribution is -2.35. The van der Waals surface area contributed by atoms with Crippen LogP contribution in [0.4, 0.5) is 9.80 Å². The smallest absolute Gasteiger partial charge is 0.338 e. The van der Waals surface area contributed by atoms with Crippen molar-refractivity contribution in [1.82, 2.24) is 4.90 Å². The molecule has 0 bridgehead atoms. The number of likely N-dealkylation sites (tertiary alicyclic amines) is 1. The number of hydrogen-bond acceptors (Lipinski definition) is 5. The number of esters is 1. The van der Waals surface area contributed by atoms with Gasteiger partial charge in [0.1, 0.15) is 0 Å². The van der Waals surface area contributed by atoms with E-state index in [2.05, 4.69) is 17.0 Å². The van der Waals surface area contributed by atoms with E-state index in [-0.39, 0.29) is 12.1 Å². The van der Waals surface area contributed by atoms with Crippen LogP contribution < -0.4 is 5.32 Å². The first-order valence-electron chi connectivity index (χ1n) is 7.98. The molecule has 0 unspecified atom stereocenters. The highest BCUT2D eigenvalue weighted by Crippen LogP contribution is 2.22. The first kappa shape index (κ1) is 17.7. The number of carbonyl (C=O) groups is 2. The number of carbonyl (C=O) groups excluding carboxylic acids is 2. The number of hydrogen-bond donors (Lipinski definition) is 1. The second-order valence-corrected chi connectivity index (χ2v) is 6.44. The summed E-state index contributed by atoms with van der Waals surface area (Å²) < 4.78 is 10.5. The fourth-order valence-corrected chi connectivity index (χ4v) is 3.29. The van der Waals surface area contributed by atoms with Crippen LogP contribution in [0.1, 0.15) is 43.0 Å². The molecule has 2 amide bonds. The Balaban J connectivity index is 1.85. The molecule has 1 saturated heterocycles. The topological polar surface area (TPSA) is 67.9 Å². The molecule has 1 aromatic rings. The molecule has 23 heavy (non-hydrogen) atoms. The molecular weight excluding hydrogens is 316 g/mol. The molecule has 0 radical (unpaired) electrons. The summed E-state index contributed by atoms with van der Waals surface area (Å²) >= 11 is 1.32. The SMILES string of the molecule is CCCO[C@@H]1CCCN(C(=O)Nc2cc(C(=O)OC)cs2)CC1. The van der Waals surface area contributed by atoms with E-state index in [9.17, 15) is 9.59 Å². The number of nitrogens with zero attached hydrogens (tertiary/aromatic N) is 1. The normalized spacial score (nSPS) is 18.3. The number of methoxy groups -OCH3 is 1. The number of amides is 2. The van der Waals surface area contributed by atoms with E-state index < -0.39 is 5.97 Å². The number of nitrogens with one attached hydrogen (secondary N) is 1. The molecular formula is C16H24N2O4S. The Morgan fingerprint density at radius 2 is 2.22 bits per heavy atom. The lowest BCUT2D eigenvalue weighted by Gasteiger charge is -2.20. The lowest BCUT2D eigenvalue weighted by atomic mass is 10.2. The minimum Gasteiger partial charge on any atom is -0.465 e. The molecule has 1 N–H and O–H groups in total. The molecule has 0 aromatic carbocycles. The van der Waals surface area contributed by atoms with Gasteiger partial charge in [0, 0.05) is 25.1 Å². The Labute approximate surface area is 140 Å². The van der Waals surface area contributed by atoms with Gasteiger partial charge in [-0.05, 0) is 31.7 Å². The standard InChI is InChI=1S/C16H24N2O4S/c1-3-9-22-13-5-4-7-18(8-6-13)16(20)17-14-10-12(11-23-14)15(19)21-2/h10-11,13H,3-9H2,1-2H3,(H,17,20)/t13-/m1/s1.